The number of hydrogen-bond donors (Lipinski definition) is 2. The average Bonchev–Trinajstić information content (AvgIpc) is 2.16. The van der Waals surface area contributed by atoms with Crippen LogP contribution >= 0.6 is 15.9 Å². The summed E-state index contributed by atoms with van der Waals surface area (Å²) in [5.41, 5.74) is 7.52. The summed E-state index contributed by atoms with van der Waals surface area (Å²) >= 11 is 3.40. The smallest absolute Gasteiger partial charge is 0.222 e. The first-order valence-corrected chi connectivity index (χ1v) is 5.28. The molecule has 14 heavy (non-hydrogen) atoms. The van der Waals surface area contributed by atoms with Crippen LogP contribution in [-0.2, 0) is 11.2 Å². The molecule has 1 amide bonds. The molecule has 0 aromatic heterocycles. The third-order valence-electron chi connectivity index (χ3n) is 2.48. The summed E-state index contributed by atoms with van der Waals surface area (Å²) in [6, 6.07) is 6.01. The van der Waals surface area contributed by atoms with Crippen molar-refractivity contribution in [2.75, 3.05) is 11.9 Å². The van der Waals surface area contributed by atoms with E-state index < -0.39 is 0 Å². The van der Waals surface area contributed by atoms with Crippen molar-refractivity contribution >= 4 is 27.5 Å². The van der Waals surface area contributed by atoms with Crippen molar-refractivity contribution in [2.45, 2.75) is 6.42 Å². The van der Waals surface area contributed by atoms with Gasteiger partial charge < -0.3 is 11.1 Å². The predicted molar refractivity (Wildman–Crippen MR) is 59.0 cm³/mol. The van der Waals surface area contributed by atoms with Crippen molar-refractivity contribution in [1.29, 1.82) is 0 Å². The van der Waals surface area contributed by atoms with Crippen molar-refractivity contribution in [3.8, 4) is 0 Å². The molecule has 1 unspecified atom stereocenters. The van der Waals surface area contributed by atoms with E-state index in [0.717, 1.165) is 22.1 Å². The minimum atomic E-state index is -0.230. The standard InChI is InChI=1S/C10H11BrN2O/c11-8-2-1-6-3-7(10(12)14)5-13-9(6)4-8/h1-2,4,7,13H,3,5H2,(H2,12,14). The number of primary amides is 1. The number of carbonyl (C=O) groups is 1. The predicted octanol–water partition coefficient (Wildman–Crippen LogP) is 1.52. The van der Waals surface area contributed by atoms with Crippen LogP contribution in [0.25, 0.3) is 0 Å². The number of rotatable bonds is 1. The maximum atomic E-state index is 11.0. The molecule has 1 aliphatic rings. The van der Waals surface area contributed by atoms with Gasteiger partial charge in [-0.3, -0.25) is 4.79 Å². The Balaban J connectivity index is 2.27. The van der Waals surface area contributed by atoms with Crippen LogP contribution in [0.2, 0.25) is 0 Å². The topological polar surface area (TPSA) is 55.1 Å². The normalized spacial score (nSPS) is 19.6. The number of nitrogens with two attached hydrogens (primary N) is 1. The van der Waals surface area contributed by atoms with Crippen molar-refractivity contribution in [1.82, 2.24) is 0 Å². The van der Waals surface area contributed by atoms with Crippen LogP contribution in [0.4, 0.5) is 5.69 Å². The van der Waals surface area contributed by atoms with Gasteiger partial charge in [0.25, 0.3) is 0 Å². The minimum absolute atomic E-state index is 0.0799. The Hall–Kier alpha value is -1.03. The molecule has 1 heterocycles. The summed E-state index contributed by atoms with van der Waals surface area (Å²) in [6.45, 7) is 0.638. The fourth-order valence-electron chi connectivity index (χ4n) is 1.66. The number of amides is 1. The molecule has 0 aliphatic carbocycles. The lowest BCUT2D eigenvalue weighted by Crippen LogP contribution is -2.34. The molecule has 0 spiro atoms. The third-order valence-corrected chi connectivity index (χ3v) is 2.97. The summed E-state index contributed by atoms with van der Waals surface area (Å²) in [5.74, 6) is -0.310. The highest BCUT2D eigenvalue weighted by Crippen LogP contribution is 2.27. The van der Waals surface area contributed by atoms with E-state index >= 15 is 0 Å². The van der Waals surface area contributed by atoms with Gasteiger partial charge in [-0.15, -0.1) is 0 Å². The first kappa shape index (κ1) is 9.52. The van der Waals surface area contributed by atoms with Crippen molar-refractivity contribution in [3.05, 3.63) is 28.2 Å². The van der Waals surface area contributed by atoms with Crippen LogP contribution in [0.15, 0.2) is 22.7 Å². The quantitative estimate of drug-likeness (QED) is 0.799. The molecule has 1 atom stereocenters. The number of fused-ring (bicyclic) bond motifs is 1. The highest BCUT2D eigenvalue weighted by atomic mass is 79.9. The maximum Gasteiger partial charge on any atom is 0.222 e. The highest BCUT2D eigenvalue weighted by Gasteiger charge is 2.22. The number of anilines is 1. The Morgan fingerprint density at radius 2 is 2.36 bits per heavy atom. The summed E-state index contributed by atoms with van der Waals surface area (Å²) in [6.07, 6.45) is 0.741. The number of carbonyl (C=O) groups excluding carboxylic acids is 1. The summed E-state index contributed by atoms with van der Waals surface area (Å²) in [4.78, 5) is 11.0. The molecule has 74 valence electrons. The van der Waals surface area contributed by atoms with Gasteiger partial charge >= 0.3 is 0 Å². The molecule has 0 bridgehead atoms. The van der Waals surface area contributed by atoms with Crippen molar-refractivity contribution in [3.63, 3.8) is 0 Å². The van der Waals surface area contributed by atoms with Gasteiger partial charge in [-0.25, -0.2) is 0 Å². The third kappa shape index (κ3) is 1.75. The zero-order chi connectivity index (χ0) is 10.1. The van der Waals surface area contributed by atoms with Gasteiger partial charge in [-0.1, -0.05) is 22.0 Å². The average molecular weight is 255 g/mol. The van der Waals surface area contributed by atoms with E-state index in [0.29, 0.717) is 6.54 Å². The molecule has 0 saturated carbocycles. The van der Waals surface area contributed by atoms with E-state index in [-0.39, 0.29) is 11.8 Å². The summed E-state index contributed by atoms with van der Waals surface area (Å²) in [7, 11) is 0. The SMILES string of the molecule is NC(=O)C1CNc2cc(Br)ccc2C1. The Morgan fingerprint density at radius 3 is 3.07 bits per heavy atom. The molecule has 0 saturated heterocycles. The van der Waals surface area contributed by atoms with E-state index in [1.807, 2.05) is 18.2 Å². The molecular formula is C10H11BrN2O. The van der Waals surface area contributed by atoms with Gasteiger partial charge in [0.15, 0.2) is 0 Å². The monoisotopic (exact) mass is 254 g/mol. The van der Waals surface area contributed by atoms with Crippen LogP contribution in [0, 0.1) is 5.92 Å². The van der Waals surface area contributed by atoms with Crippen molar-refractivity contribution in [2.24, 2.45) is 11.7 Å². The van der Waals surface area contributed by atoms with Crippen LogP contribution in [0.1, 0.15) is 5.56 Å². The van der Waals surface area contributed by atoms with Crippen molar-refractivity contribution < 1.29 is 4.79 Å². The summed E-state index contributed by atoms with van der Waals surface area (Å²) < 4.78 is 1.04. The van der Waals surface area contributed by atoms with Gasteiger partial charge in [-0.2, -0.15) is 0 Å². The van der Waals surface area contributed by atoms with Gasteiger partial charge in [0, 0.05) is 16.7 Å². The lowest BCUT2D eigenvalue weighted by atomic mass is 9.94. The van der Waals surface area contributed by atoms with Gasteiger partial charge in [0.2, 0.25) is 5.91 Å². The molecule has 4 heteroatoms. The number of benzene rings is 1. The molecule has 3 N–H and O–H groups in total. The Morgan fingerprint density at radius 1 is 1.57 bits per heavy atom. The lowest BCUT2D eigenvalue weighted by molar-refractivity contribution is -0.121. The molecular weight excluding hydrogens is 244 g/mol. The zero-order valence-corrected chi connectivity index (χ0v) is 9.17. The first-order chi connectivity index (χ1) is 6.66. The number of hydrogen-bond acceptors (Lipinski definition) is 2. The highest BCUT2D eigenvalue weighted by molar-refractivity contribution is 9.10. The fourth-order valence-corrected chi connectivity index (χ4v) is 2.02. The molecule has 0 fully saturated rings. The van der Waals surface area contributed by atoms with E-state index in [9.17, 15) is 4.79 Å². The largest absolute Gasteiger partial charge is 0.384 e. The lowest BCUT2D eigenvalue weighted by Gasteiger charge is -2.24. The maximum absolute atomic E-state index is 11.0. The zero-order valence-electron chi connectivity index (χ0n) is 7.59. The number of nitrogens with one attached hydrogen (secondary N) is 1. The number of halogens is 1. The van der Waals surface area contributed by atoms with Crippen LogP contribution in [0.5, 0.6) is 0 Å². The second-order valence-corrected chi connectivity index (χ2v) is 4.40. The molecule has 1 aromatic rings. The van der Waals surface area contributed by atoms with Gasteiger partial charge in [0.1, 0.15) is 0 Å². The molecule has 1 aromatic carbocycles. The van der Waals surface area contributed by atoms with E-state index in [1.165, 1.54) is 0 Å². The summed E-state index contributed by atoms with van der Waals surface area (Å²) in [5, 5.41) is 3.20. The van der Waals surface area contributed by atoms with Crippen LogP contribution in [-0.4, -0.2) is 12.5 Å². The van der Waals surface area contributed by atoms with E-state index in [1.54, 1.807) is 0 Å². The fraction of sp³-hybridized carbons (Fsp3) is 0.300. The Labute approximate surface area is 90.8 Å². The molecule has 3 nitrogen and oxygen atoms in total. The second-order valence-electron chi connectivity index (χ2n) is 3.49. The Kier molecular flexibility index (Phi) is 2.46. The van der Waals surface area contributed by atoms with Crippen LogP contribution in [0.3, 0.4) is 0 Å². The van der Waals surface area contributed by atoms with Gasteiger partial charge in [-0.05, 0) is 24.1 Å². The molecule has 0 radical (unpaired) electrons. The van der Waals surface area contributed by atoms with Crippen LogP contribution < -0.4 is 11.1 Å². The first-order valence-electron chi connectivity index (χ1n) is 4.48. The molecule has 2 rings (SSSR count). The minimum Gasteiger partial charge on any atom is -0.384 e. The second kappa shape index (κ2) is 3.61. The van der Waals surface area contributed by atoms with E-state index in [2.05, 4.69) is 21.2 Å². The van der Waals surface area contributed by atoms with Gasteiger partial charge in [0.05, 0.1) is 5.92 Å². The Bertz CT molecular complexity index is 378. The molecule has 1 aliphatic heterocycles. The van der Waals surface area contributed by atoms with E-state index in [4.69, 9.17) is 5.73 Å².